The summed E-state index contributed by atoms with van der Waals surface area (Å²) in [5.41, 5.74) is 4.80. The number of piperazine rings is 1. The predicted octanol–water partition coefficient (Wildman–Crippen LogP) is 4.81. The van der Waals surface area contributed by atoms with Gasteiger partial charge in [0, 0.05) is 49.7 Å². The van der Waals surface area contributed by atoms with Crippen molar-refractivity contribution in [2.45, 2.75) is 25.1 Å². The van der Waals surface area contributed by atoms with Crippen LogP contribution in [-0.4, -0.2) is 83.1 Å². The minimum atomic E-state index is -4.68. The molecular weight excluding hydrogens is 571 g/mol. The van der Waals surface area contributed by atoms with Gasteiger partial charge in [0.1, 0.15) is 18.2 Å². The fourth-order valence-electron chi connectivity index (χ4n) is 5.17. The minimum Gasteiger partial charge on any atom is -0.462 e. The highest BCUT2D eigenvalue weighted by Crippen LogP contribution is 2.41. The SMILES string of the molecule is C=CC(=O)N1CCN(c2nc(OC[C@@H]3CCC=CCN3C)nc3cc(-c4nc(N)ccc4C(F)(F)F)c(Cl)cc23)CC1. The van der Waals surface area contributed by atoms with E-state index >= 15 is 0 Å². The predicted molar refractivity (Wildman–Crippen MR) is 156 cm³/mol. The number of nitrogens with zero attached hydrogens (tertiary/aromatic N) is 6. The van der Waals surface area contributed by atoms with Gasteiger partial charge >= 0.3 is 12.2 Å². The van der Waals surface area contributed by atoms with Gasteiger partial charge in [-0.3, -0.25) is 9.69 Å². The van der Waals surface area contributed by atoms with E-state index in [9.17, 15) is 18.0 Å². The molecular formula is C29H31ClF3N7O2. The van der Waals surface area contributed by atoms with Crippen LogP contribution in [-0.2, 0) is 11.0 Å². The van der Waals surface area contributed by atoms with Crippen LogP contribution >= 0.6 is 11.6 Å². The van der Waals surface area contributed by atoms with Crippen LogP contribution in [0.1, 0.15) is 18.4 Å². The molecule has 5 rings (SSSR count). The highest BCUT2D eigenvalue weighted by molar-refractivity contribution is 6.34. The number of nitrogen functional groups attached to an aromatic ring is 1. The van der Waals surface area contributed by atoms with Crippen molar-refractivity contribution in [1.29, 1.82) is 0 Å². The second kappa shape index (κ2) is 12.1. The Morgan fingerprint density at radius 1 is 1.17 bits per heavy atom. The Hall–Kier alpha value is -3.90. The number of ether oxygens (including phenoxy) is 1. The first kappa shape index (κ1) is 29.6. The standard InChI is InChI=1S/C29H31ClF3N7O2/c1-3-25(41)39-11-13-40(14-12-39)27-20-15-22(30)19(26-21(29(31,32)33)8-9-24(34)36-26)16-23(20)35-28(37-27)42-17-18-7-5-4-6-10-38(18)2/h3-4,6,8-9,15-16,18H,1,5,7,10-14,17H2,2H3,(H2,34,36)/t18-/m0/s1. The molecule has 1 atom stereocenters. The van der Waals surface area contributed by atoms with Gasteiger partial charge < -0.3 is 20.3 Å². The van der Waals surface area contributed by atoms with E-state index in [2.05, 4.69) is 33.6 Å². The average molecular weight is 602 g/mol. The third-order valence-corrected chi connectivity index (χ3v) is 7.85. The quantitative estimate of drug-likeness (QED) is 0.317. The summed E-state index contributed by atoms with van der Waals surface area (Å²) in [6.45, 7) is 6.51. The monoisotopic (exact) mass is 601 g/mol. The third kappa shape index (κ3) is 6.29. The van der Waals surface area contributed by atoms with E-state index in [1.165, 1.54) is 12.1 Å². The molecule has 42 heavy (non-hydrogen) atoms. The molecule has 1 amide bonds. The normalized spacial score (nSPS) is 18.3. The van der Waals surface area contributed by atoms with Gasteiger partial charge in [0.05, 0.1) is 21.8 Å². The summed E-state index contributed by atoms with van der Waals surface area (Å²) in [5, 5.41) is 0.575. The van der Waals surface area contributed by atoms with Crippen LogP contribution in [0.15, 0.2) is 49.1 Å². The summed E-state index contributed by atoms with van der Waals surface area (Å²) in [7, 11) is 2.02. The Labute approximate surface area is 246 Å². The number of likely N-dealkylation sites (N-methyl/N-ethyl adjacent to an activating group) is 1. The van der Waals surface area contributed by atoms with Crippen molar-refractivity contribution in [2.24, 2.45) is 0 Å². The molecule has 2 aliphatic heterocycles. The van der Waals surface area contributed by atoms with Crippen LogP contribution in [0.25, 0.3) is 22.2 Å². The zero-order valence-electron chi connectivity index (χ0n) is 23.1. The molecule has 0 aliphatic carbocycles. The van der Waals surface area contributed by atoms with Crippen LogP contribution in [0, 0.1) is 0 Å². The first-order valence-electron chi connectivity index (χ1n) is 13.5. The molecule has 0 saturated carbocycles. The fraction of sp³-hybridized carbons (Fsp3) is 0.379. The van der Waals surface area contributed by atoms with Gasteiger partial charge in [-0.25, -0.2) is 4.98 Å². The molecule has 2 N–H and O–H groups in total. The number of fused-ring (bicyclic) bond motifs is 1. The Balaban J connectivity index is 1.57. The molecule has 222 valence electrons. The lowest BCUT2D eigenvalue weighted by Crippen LogP contribution is -2.48. The van der Waals surface area contributed by atoms with Crippen LogP contribution < -0.4 is 15.4 Å². The van der Waals surface area contributed by atoms with Crippen molar-refractivity contribution in [3.63, 3.8) is 0 Å². The lowest BCUT2D eigenvalue weighted by atomic mass is 10.0. The largest absolute Gasteiger partial charge is 0.462 e. The van der Waals surface area contributed by atoms with E-state index in [1.807, 2.05) is 11.9 Å². The molecule has 4 heterocycles. The van der Waals surface area contributed by atoms with E-state index in [4.69, 9.17) is 27.1 Å². The van der Waals surface area contributed by atoms with Gasteiger partial charge in [-0.2, -0.15) is 23.1 Å². The number of aromatic nitrogens is 3. The molecule has 0 radical (unpaired) electrons. The van der Waals surface area contributed by atoms with E-state index in [0.29, 0.717) is 49.5 Å². The van der Waals surface area contributed by atoms with E-state index < -0.39 is 11.7 Å². The number of carbonyl (C=O) groups excluding carboxylic acids is 1. The van der Waals surface area contributed by atoms with Crippen LogP contribution in [0.3, 0.4) is 0 Å². The summed E-state index contributed by atoms with van der Waals surface area (Å²) >= 11 is 6.61. The minimum absolute atomic E-state index is 0.0374. The number of nitrogens with two attached hydrogens (primary N) is 1. The molecule has 2 aliphatic rings. The molecule has 2 aromatic heterocycles. The van der Waals surface area contributed by atoms with E-state index in [0.717, 1.165) is 31.5 Å². The second-order valence-corrected chi connectivity index (χ2v) is 10.7. The van der Waals surface area contributed by atoms with Crippen molar-refractivity contribution in [3.05, 3.63) is 59.7 Å². The number of hydrogen-bond acceptors (Lipinski definition) is 8. The van der Waals surface area contributed by atoms with Crippen molar-refractivity contribution >= 4 is 40.0 Å². The molecule has 0 unspecified atom stereocenters. The van der Waals surface area contributed by atoms with Gasteiger partial charge in [0.2, 0.25) is 5.91 Å². The molecule has 1 aromatic carbocycles. The van der Waals surface area contributed by atoms with Gasteiger partial charge in [-0.1, -0.05) is 30.3 Å². The molecule has 13 heteroatoms. The summed E-state index contributed by atoms with van der Waals surface area (Å²) in [5.74, 6) is 0.285. The number of hydrogen-bond donors (Lipinski definition) is 1. The number of alkyl halides is 3. The van der Waals surface area contributed by atoms with Crippen LogP contribution in [0.2, 0.25) is 5.02 Å². The maximum absolute atomic E-state index is 13.9. The maximum atomic E-state index is 13.9. The molecule has 1 saturated heterocycles. The number of halogens is 4. The molecule has 9 nitrogen and oxygen atoms in total. The molecule has 0 spiro atoms. The number of rotatable bonds is 6. The fourth-order valence-corrected chi connectivity index (χ4v) is 5.43. The second-order valence-electron chi connectivity index (χ2n) is 10.3. The van der Waals surface area contributed by atoms with Crippen LogP contribution in [0.4, 0.5) is 24.8 Å². The molecule has 0 bridgehead atoms. The number of pyridine rings is 1. The number of allylic oxidation sites excluding steroid dienone is 1. The first-order valence-corrected chi connectivity index (χ1v) is 13.9. The highest BCUT2D eigenvalue weighted by atomic mass is 35.5. The number of carbonyl (C=O) groups is 1. The van der Waals surface area contributed by atoms with Gasteiger partial charge in [0.25, 0.3) is 0 Å². The van der Waals surface area contributed by atoms with E-state index in [-0.39, 0.29) is 40.1 Å². The lowest BCUT2D eigenvalue weighted by molar-refractivity contribution is -0.137. The molecule has 1 fully saturated rings. The Morgan fingerprint density at radius 3 is 2.64 bits per heavy atom. The maximum Gasteiger partial charge on any atom is 0.418 e. The van der Waals surface area contributed by atoms with Crippen molar-refractivity contribution in [3.8, 4) is 17.3 Å². The van der Waals surface area contributed by atoms with Gasteiger partial charge in [0.15, 0.2) is 0 Å². The zero-order chi connectivity index (χ0) is 30.0. The summed E-state index contributed by atoms with van der Waals surface area (Å²) in [6, 6.07) is 5.22. The number of amides is 1. The van der Waals surface area contributed by atoms with Crippen molar-refractivity contribution in [2.75, 3.05) is 57.0 Å². The lowest BCUT2D eigenvalue weighted by Gasteiger charge is -2.35. The Kier molecular flexibility index (Phi) is 8.55. The number of anilines is 2. The number of benzene rings is 1. The summed E-state index contributed by atoms with van der Waals surface area (Å²) in [4.78, 5) is 31.3. The van der Waals surface area contributed by atoms with Gasteiger partial charge in [-0.05, 0) is 50.2 Å². The first-order chi connectivity index (χ1) is 20.0. The van der Waals surface area contributed by atoms with E-state index in [1.54, 1.807) is 11.0 Å². The third-order valence-electron chi connectivity index (χ3n) is 7.54. The topological polar surface area (TPSA) is 101 Å². The Bertz CT molecular complexity index is 1520. The smallest absolute Gasteiger partial charge is 0.418 e. The summed E-state index contributed by atoms with van der Waals surface area (Å²) < 4.78 is 47.9. The summed E-state index contributed by atoms with van der Waals surface area (Å²) in [6.07, 6.45) is 2.68. The molecule has 3 aromatic rings. The highest BCUT2D eigenvalue weighted by Gasteiger charge is 2.35. The van der Waals surface area contributed by atoms with Crippen LogP contribution in [0.5, 0.6) is 6.01 Å². The van der Waals surface area contributed by atoms with Crippen molar-refractivity contribution in [1.82, 2.24) is 24.8 Å². The zero-order valence-corrected chi connectivity index (χ0v) is 23.8. The Morgan fingerprint density at radius 2 is 1.93 bits per heavy atom. The van der Waals surface area contributed by atoms with Gasteiger partial charge in [-0.15, -0.1) is 0 Å². The van der Waals surface area contributed by atoms with Crippen molar-refractivity contribution < 1.29 is 22.7 Å². The average Bonchev–Trinajstić information content (AvgIpc) is 3.18.